The lowest BCUT2D eigenvalue weighted by molar-refractivity contribution is 0.424. The van der Waals surface area contributed by atoms with Crippen molar-refractivity contribution in [1.29, 1.82) is 0 Å². The Balaban J connectivity index is 3.45. The maximum Gasteiger partial charge on any atom is 0.0887 e. The van der Waals surface area contributed by atoms with E-state index >= 15 is 0 Å². The zero-order valence-electron chi connectivity index (χ0n) is 7.95. The Labute approximate surface area is 73.9 Å². The van der Waals surface area contributed by atoms with Crippen molar-refractivity contribution in [1.82, 2.24) is 5.43 Å². The Bertz CT molecular complexity index is 140. The van der Waals surface area contributed by atoms with Gasteiger partial charge in [-0.2, -0.15) is 4.91 Å². The highest BCUT2D eigenvalue weighted by Gasteiger charge is 2.05. The van der Waals surface area contributed by atoms with Gasteiger partial charge in [0.1, 0.15) is 0 Å². The Morgan fingerprint density at radius 2 is 2.25 bits per heavy atom. The molecule has 0 radical (unpaired) electrons. The minimum absolute atomic E-state index is 0.649. The van der Waals surface area contributed by atoms with Crippen molar-refractivity contribution < 1.29 is 0 Å². The summed E-state index contributed by atoms with van der Waals surface area (Å²) in [6, 6.07) is 0. The van der Waals surface area contributed by atoms with Gasteiger partial charge < -0.3 is 0 Å². The lowest BCUT2D eigenvalue weighted by atomic mass is 10.00. The molecule has 1 atom stereocenters. The van der Waals surface area contributed by atoms with Crippen LogP contribution in [0.5, 0.6) is 0 Å². The summed E-state index contributed by atoms with van der Waals surface area (Å²) >= 11 is 0. The number of hydrogen-bond donors (Lipinski definition) is 1. The molecule has 0 saturated heterocycles. The fourth-order valence-electron chi connectivity index (χ4n) is 1.14. The van der Waals surface area contributed by atoms with Crippen LogP contribution in [0.25, 0.3) is 10.4 Å². The number of nitrogens with one attached hydrogen (secondary N) is 1. The first-order valence-corrected chi connectivity index (χ1v) is 4.62. The molecule has 0 heterocycles. The Morgan fingerprint density at radius 1 is 1.50 bits per heavy atom. The van der Waals surface area contributed by atoms with Crippen molar-refractivity contribution in [3.05, 3.63) is 10.4 Å². The van der Waals surface area contributed by atoms with Crippen molar-refractivity contribution in [2.24, 2.45) is 11.1 Å². The molecule has 0 aliphatic carbocycles. The van der Waals surface area contributed by atoms with Crippen molar-refractivity contribution in [2.75, 3.05) is 6.54 Å². The summed E-state index contributed by atoms with van der Waals surface area (Å²) in [6.45, 7) is 5.16. The van der Waals surface area contributed by atoms with Gasteiger partial charge in [0.2, 0.25) is 0 Å². The zero-order valence-corrected chi connectivity index (χ0v) is 7.95. The van der Waals surface area contributed by atoms with Crippen molar-refractivity contribution in [2.45, 2.75) is 39.5 Å². The molecular formula is C8H18N4. The van der Waals surface area contributed by atoms with Gasteiger partial charge in [-0.3, -0.25) is 5.43 Å². The summed E-state index contributed by atoms with van der Waals surface area (Å²) < 4.78 is 0. The molecule has 0 spiro atoms. The van der Waals surface area contributed by atoms with Crippen LogP contribution in [-0.4, -0.2) is 6.54 Å². The van der Waals surface area contributed by atoms with E-state index in [1.165, 1.54) is 19.3 Å². The van der Waals surface area contributed by atoms with E-state index in [4.69, 9.17) is 5.53 Å². The Morgan fingerprint density at radius 3 is 2.75 bits per heavy atom. The quantitative estimate of drug-likeness (QED) is 0.271. The molecule has 0 aromatic carbocycles. The number of unbranched alkanes of at least 4 members (excludes halogenated alkanes) is 1. The van der Waals surface area contributed by atoms with Gasteiger partial charge in [-0.1, -0.05) is 26.7 Å². The fourth-order valence-corrected chi connectivity index (χ4v) is 1.14. The minimum Gasteiger partial charge on any atom is -0.261 e. The summed E-state index contributed by atoms with van der Waals surface area (Å²) in [5.41, 5.74) is 10.7. The van der Waals surface area contributed by atoms with Gasteiger partial charge in [0, 0.05) is 0 Å². The highest BCUT2D eigenvalue weighted by molar-refractivity contribution is 4.58. The minimum atomic E-state index is 0.649. The topological polar surface area (TPSA) is 60.8 Å². The number of rotatable bonds is 7. The highest BCUT2D eigenvalue weighted by atomic mass is 15.4. The molecule has 0 bridgehead atoms. The van der Waals surface area contributed by atoms with E-state index in [0.29, 0.717) is 5.92 Å². The fraction of sp³-hybridized carbons (Fsp3) is 1.00. The van der Waals surface area contributed by atoms with Crippen molar-refractivity contribution in [3.63, 3.8) is 0 Å². The molecule has 0 aromatic heterocycles. The SMILES string of the molecule is CCCCC(CC)CNN=[N+]=[N-]. The molecule has 0 aromatic rings. The summed E-state index contributed by atoms with van der Waals surface area (Å²) in [4.78, 5) is 2.64. The van der Waals surface area contributed by atoms with Gasteiger partial charge in [-0.05, 0) is 24.0 Å². The second kappa shape index (κ2) is 8.21. The van der Waals surface area contributed by atoms with Gasteiger partial charge in [0.05, 0.1) is 6.54 Å². The third kappa shape index (κ3) is 5.86. The predicted molar refractivity (Wildman–Crippen MR) is 50.5 cm³/mol. The van der Waals surface area contributed by atoms with Crippen LogP contribution in [0.2, 0.25) is 0 Å². The Hall–Kier alpha value is -0.890. The normalized spacial score (nSPS) is 11.8. The maximum atomic E-state index is 8.02. The largest absolute Gasteiger partial charge is 0.261 e. The molecule has 1 unspecified atom stereocenters. The average molecular weight is 170 g/mol. The van der Waals surface area contributed by atoms with Crippen LogP contribution < -0.4 is 5.43 Å². The third-order valence-electron chi connectivity index (χ3n) is 2.04. The Kier molecular flexibility index (Phi) is 7.60. The van der Waals surface area contributed by atoms with Crippen molar-refractivity contribution >= 4 is 0 Å². The first kappa shape index (κ1) is 11.1. The van der Waals surface area contributed by atoms with Gasteiger partial charge in [-0.15, -0.1) is 5.53 Å². The average Bonchev–Trinajstić information content (AvgIpc) is 2.11. The lowest BCUT2D eigenvalue weighted by Gasteiger charge is -2.10. The van der Waals surface area contributed by atoms with Crippen molar-refractivity contribution in [3.8, 4) is 0 Å². The molecule has 0 aliphatic heterocycles. The molecule has 4 heteroatoms. The smallest absolute Gasteiger partial charge is 0.0887 e. The molecule has 1 N–H and O–H groups in total. The van der Waals surface area contributed by atoms with E-state index in [0.717, 1.165) is 13.0 Å². The van der Waals surface area contributed by atoms with E-state index in [1.54, 1.807) is 0 Å². The second-order valence-corrected chi connectivity index (χ2v) is 2.97. The second-order valence-electron chi connectivity index (χ2n) is 2.97. The van der Waals surface area contributed by atoms with E-state index in [1.807, 2.05) is 0 Å². The molecule has 4 nitrogen and oxygen atoms in total. The lowest BCUT2D eigenvalue weighted by Crippen LogP contribution is -2.16. The third-order valence-corrected chi connectivity index (χ3v) is 2.04. The van der Waals surface area contributed by atoms with E-state index in [2.05, 4.69) is 29.4 Å². The van der Waals surface area contributed by atoms with E-state index in [9.17, 15) is 0 Å². The van der Waals surface area contributed by atoms with Gasteiger partial charge >= 0.3 is 0 Å². The maximum absolute atomic E-state index is 8.02. The highest BCUT2D eigenvalue weighted by Crippen LogP contribution is 2.10. The van der Waals surface area contributed by atoms with Crippen LogP contribution in [0.15, 0.2) is 5.22 Å². The summed E-state index contributed by atoms with van der Waals surface area (Å²) in [5.74, 6) is 0.649. The number of hydrogen-bond acceptors (Lipinski definition) is 1. The molecule has 70 valence electrons. The van der Waals surface area contributed by atoms with Crippen LogP contribution in [-0.2, 0) is 0 Å². The summed E-state index contributed by atoms with van der Waals surface area (Å²) in [7, 11) is 0. The molecular weight excluding hydrogens is 152 g/mol. The molecule has 0 amide bonds. The number of nitrogens with zero attached hydrogens (tertiary/aromatic N) is 3. The van der Waals surface area contributed by atoms with Crippen LogP contribution in [0.1, 0.15) is 39.5 Å². The summed E-state index contributed by atoms with van der Waals surface area (Å²) in [5, 5.41) is 3.30. The van der Waals surface area contributed by atoms with Crippen LogP contribution in [0.4, 0.5) is 0 Å². The number of azide groups is 1. The molecule has 0 aliphatic rings. The van der Waals surface area contributed by atoms with Crippen LogP contribution in [0, 0.1) is 5.92 Å². The molecule has 0 rings (SSSR count). The van der Waals surface area contributed by atoms with Gasteiger partial charge in [-0.25, -0.2) is 0 Å². The first-order chi connectivity index (χ1) is 5.85. The van der Waals surface area contributed by atoms with E-state index < -0.39 is 0 Å². The zero-order chi connectivity index (χ0) is 9.23. The van der Waals surface area contributed by atoms with Gasteiger partial charge in [0.15, 0.2) is 0 Å². The van der Waals surface area contributed by atoms with Crippen LogP contribution >= 0.6 is 0 Å². The van der Waals surface area contributed by atoms with Crippen LogP contribution in [0.3, 0.4) is 0 Å². The van der Waals surface area contributed by atoms with E-state index in [-0.39, 0.29) is 0 Å². The molecule has 0 fully saturated rings. The predicted octanol–water partition coefficient (Wildman–Crippen LogP) is 3.02. The standard InChI is InChI=1S/C8H18N4/c1-3-5-6-8(4-2)7-10-12-11-9/h8,10H,3-7H2,1-2H3. The molecule has 0 saturated carbocycles. The first-order valence-electron chi connectivity index (χ1n) is 4.62. The van der Waals surface area contributed by atoms with Gasteiger partial charge in [0.25, 0.3) is 0 Å². The molecule has 12 heavy (non-hydrogen) atoms. The summed E-state index contributed by atoms with van der Waals surface area (Å²) in [6.07, 6.45) is 4.86. The monoisotopic (exact) mass is 170 g/mol.